The standard InChI is InChI=1S/C18H19ClN2O3/c1-13(18(23)24-2)11-21(12-14-7-9-20-10-8-14)17(22)15-5-3-4-6-16(15)19/h3-10,13H,11-12H2,1-2H3. The first-order valence-corrected chi connectivity index (χ1v) is 7.91. The molecule has 0 N–H and O–H groups in total. The molecule has 2 rings (SSSR count). The molecule has 0 fully saturated rings. The molecule has 1 amide bonds. The molecule has 5 nitrogen and oxygen atoms in total. The normalized spacial score (nSPS) is 11.6. The highest BCUT2D eigenvalue weighted by atomic mass is 35.5. The van der Waals surface area contributed by atoms with Gasteiger partial charge in [-0.2, -0.15) is 0 Å². The van der Waals surface area contributed by atoms with E-state index in [9.17, 15) is 9.59 Å². The van der Waals surface area contributed by atoms with E-state index in [1.807, 2.05) is 12.1 Å². The number of ether oxygens (including phenoxy) is 1. The number of methoxy groups -OCH3 is 1. The molecule has 0 aliphatic heterocycles. The van der Waals surface area contributed by atoms with Crippen LogP contribution in [0.15, 0.2) is 48.8 Å². The van der Waals surface area contributed by atoms with Crippen molar-refractivity contribution in [3.8, 4) is 0 Å². The summed E-state index contributed by atoms with van der Waals surface area (Å²) in [6, 6.07) is 10.5. The van der Waals surface area contributed by atoms with Gasteiger partial charge in [0.1, 0.15) is 0 Å². The summed E-state index contributed by atoms with van der Waals surface area (Å²) in [7, 11) is 1.34. The first-order valence-electron chi connectivity index (χ1n) is 7.53. The van der Waals surface area contributed by atoms with Crippen LogP contribution in [0.2, 0.25) is 5.02 Å². The number of hydrogen-bond donors (Lipinski definition) is 0. The summed E-state index contributed by atoms with van der Waals surface area (Å²) in [5, 5.41) is 0.382. The topological polar surface area (TPSA) is 59.5 Å². The van der Waals surface area contributed by atoms with Gasteiger partial charge in [0.2, 0.25) is 0 Å². The number of halogens is 1. The van der Waals surface area contributed by atoms with E-state index in [4.69, 9.17) is 16.3 Å². The van der Waals surface area contributed by atoms with E-state index in [2.05, 4.69) is 4.98 Å². The predicted molar refractivity (Wildman–Crippen MR) is 91.6 cm³/mol. The van der Waals surface area contributed by atoms with Crippen LogP contribution >= 0.6 is 11.6 Å². The summed E-state index contributed by atoms with van der Waals surface area (Å²) in [6.45, 7) is 2.32. The molecule has 0 aliphatic carbocycles. The summed E-state index contributed by atoms with van der Waals surface area (Å²) in [5.74, 6) is -1.03. The number of pyridine rings is 1. The molecular formula is C18H19ClN2O3. The number of esters is 1. The molecule has 1 aromatic heterocycles. The lowest BCUT2D eigenvalue weighted by Crippen LogP contribution is -2.37. The summed E-state index contributed by atoms with van der Waals surface area (Å²) < 4.78 is 4.76. The van der Waals surface area contributed by atoms with E-state index < -0.39 is 5.92 Å². The van der Waals surface area contributed by atoms with E-state index >= 15 is 0 Å². The molecule has 1 unspecified atom stereocenters. The van der Waals surface area contributed by atoms with Gasteiger partial charge >= 0.3 is 5.97 Å². The number of nitrogens with zero attached hydrogens (tertiary/aromatic N) is 2. The summed E-state index contributed by atoms with van der Waals surface area (Å²) in [6.07, 6.45) is 3.33. The van der Waals surface area contributed by atoms with Crippen LogP contribution in [-0.4, -0.2) is 35.4 Å². The minimum absolute atomic E-state index is 0.229. The van der Waals surface area contributed by atoms with Gasteiger partial charge in [0, 0.05) is 25.5 Å². The first-order chi connectivity index (χ1) is 11.5. The number of amides is 1. The zero-order chi connectivity index (χ0) is 17.5. The van der Waals surface area contributed by atoms with Crippen molar-refractivity contribution in [1.82, 2.24) is 9.88 Å². The van der Waals surface area contributed by atoms with Gasteiger partial charge in [-0.3, -0.25) is 14.6 Å². The highest BCUT2D eigenvalue weighted by molar-refractivity contribution is 6.33. The Morgan fingerprint density at radius 2 is 1.88 bits per heavy atom. The largest absolute Gasteiger partial charge is 0.469 e. The van der Waals surface area contributed by atoms with Gasteiger partial charge in [0.05, 0.1) is 23.6 Å². The van der Waals surface area contributed by atoms with Crippen molar-refractivity contribution in [2.75, 3.05) is 13.7 Å². The van der Waals surface area contributed by atoms with Crippen LogP contribution in [0.5, 0.6) is 0 Å². The molecule has 1 heterocycles. The Balaban J connectivity index is 2.26. The van der Waals surface area contributed by atoms with Crippen LogP contribution < -0.4 is 0 Å². The molecule has 1 aromatic carbocycles. The summed E-state index contributed by atoms with van der Waals surface area (Å²) in [4.78, 5) is 30.2. The fourth-order valence-corrected chi connectivity index (χ4v) is 2.56. The van der Waals surface area contributed by atoms with Crippen LogP contribution in [0.3, 0.4) is 0 Å². The van der Waals surface area contributed by atoms with Crippen LogP contribution in [0.1, 0.15) is 22.8 Å². The van der Waals surface area contributed by atoms with Crippen LogP contribution in [-0.2, 0) is 16.1 Å². The van der Waals surface area contributed by atoms with E-state index in [0.29, 0.717) is 17.1 Å². The van der Waals surface area contributed by atoms with Crippen LogP contribution in [0.4, 0.5) is 0 Å². The number of aromatic nitrogens is 1. The first kappa shape index (κ1) is 17.9. The average molecular weight is 347 g/mol. The summed E-state index contributed by atoms with van der Waals surface area (Å²) >= 11 is 6.14. The summed E-state index contributed by atoms with van der Waals surface area (Å²) in [5.41, 5.74) is 1.33. The molecule has 126 valence electrons. The van der Waals surface area contributed by atoms with Gasteiger partial charge in [0.15, 0.2) is 0 Å². The average Bonchev–Trinajstić information content (AvgIpc) is 2.61. The monoisotopic (exact) mass is 346 g/mol. The second kappa shape index (κ2) is 8.45. The number of carbonyl (C=O) groups excluding carboxylic acids is 2. The lowest BCUT2D eigenvalue weighted by molar-refractivity contribution is -0.145. The SMILES string of the molecule is COC(=O)C(C)CN(Cc1ccncc1)C(=O)c1ccccc1Cl. The predicted octanol–water partition coefficient (Wildman–Crippen LogP) is 3.19. The van der Waals surface area contributed by atoms with Crippen molar-refractivity contribution in [3.05, 3.63) is 64.9 Å². The molecule has 24 heavy (non-hydrogen) atoms. The molecule has 2 aromatic rings. The van der Waals surface area contributed by atoms with Gasteiger partial charge < -0.3 is 9.64 Å². The van der Waals surface area contributed by atoms with Gasteiger partial charge in [-0.15, -0.1) is 0 Å². The second-order valence-electron chi connectivity index (χ2n) is 5.45. The molecule has 0 radical (unpaired) electrons. The number of hydrogen-bond acceptors (Lipinski definition) is 4. The Labute approximate surface area is 146 Å². The fourth-order valence-electron chi connectivity index (χ4n) is 2.34. The molecule has 0 aliphatic rings. The number of rotatable bonds is 6. The quantitative estimate of drug-likeness (QED) is 0.754. The Bertz CT molecular complexity index is 706. The molecule has 0 saturated heterocycles. The van der Waals surface area contributed by atoms with Gasteiger partial charge in [0.25, 0.3) is 5.91 Å². The molecule has 0 spiro atoms. The van der Waals surface area contributed by atoms with Gasteiger partial charge in [-0.25, -0.2) is 0 Å². The third-order valence-corrected chi connectivity index (χ3v) is 3.94. The van der Waals surface area contributed by atoms with E-state index in [-0.39, 0.29) is 18.4 Å². The maximum absolute atomic E-state index is 12.9. The maximum atomic E-state index is 12.9. The van der Waals surface area contributed by atoms with Crippen molar-refractivity contribution in [3.63, 3.8) is 0 Å². The molecule has 0 bridgehead atoms. The minimum atomic E-state index is -0.441. The Morgan fingerprint density at radius 3 is 2.50 bits per heavy atom. The molecule has 0 saturated carbocycles. The van der Waals surface area contributed by atoms with Crippen molar-refractivity contribution in [2.24, 2.45) is 5.92 Å². The third kappa shape index (κ3) is 4.55. The van der Waals surface area contributed by atoms with Crippen molar-refractivity contribution < 1.29 is 14.3 Å². The highest BCUT2D eigenvalue weighted by Crippen LogP contribution is 2.19. The smallest absolute Gasteiger partial charge is 0.310 e. The number of benzene rings is 1. The van der Waals surface area contributed by atoms with Gasteiger partial charge in [-0.1, -0.05) is 30.7 Å². The molecule has 1 atom stereocenters. The van der Waals surface area contributed by atoms with Crippen LogP contribution in [0.25, 0.3) is 0 Å². The van der Waals surface area contributed by atoms with E-state index in [1.54, 1.807) is 48.5 Å². The molecular weight excluding hydrogens is 328 g/mol. The Morgan fingerprint density at radius 1 is 1.21 bits per heavy atom. The second-order valence-corrected chi connectivity index (χ2v) is 5.85. The zero-order valence-electron chi connectivity index (χ0n) is 13.6. The minimum Gasteiger partial charge on any atom is -0.469 e. The highest BCUT2D eigenvalue weighted by Gasteiger charge is 2.24. The Kier molecular flexibility index (Phi) is 6.32. The van der Waals surface area contributed by atoms with Crippen molar-refractivity contribution in [1.29, 1.82) is 0 Å². The van der Waals surface area contributed by atoms with E-state index in [1.165, 1.54) is 7.11 Å². The fraction of sp³-hybridized carbons (Fsp3) is 0.278. The molecule has 6 heteroatoms. The van der Waals surface area contributed by atoms with Crippen molar-refractivity contribution in [2.45, 2.75) is 13.5 Å². The Hall–Kier alpha value is -2.40. The van der Waals surface area contributed by atoms with Crippen LogP contribution in [0, 0.1) is 5.92 Å². The third-order valence-electron chi connectivity index (χ3n) is 3.61. The van der Waals surface area contributed by atoms with Gasteiger partial charge in [-0.05, 0) is 29.8 Å². The maximum Gasteiger partial charge on any atom is 0.310 e. The lowest BCUT2D eigenvalue weighted by Gasteiger charge is -2.25. The van der Waals surface area contributed by atoms with E-state index in [0.717, 1.165) is 5.56 Å². The van der Waals surface area contributed by atoms with Crippen molar-refractivity contribution >= 4 is 23.5 Å². The number of carbonyl (C=O) groups is 2. The zero-order valence-corrected chi connectivity index (χ0v) is 14.4. The lowest BCUT2D eigenvalue weighted by atomic mass is 10.1.